The first-order valence-corrected chi connectivity index (χ1v) is 7.52. The molecule has 5 nitrogen and oxygen atoms in total. The summed E-state index contributed by atoms with van der Waals surface area (Å²) in [4.78, 5) is 14.3. The Morgan fingerprint density at radius 3 is 2.43 bits per heavy atom. The number of nitrogens with zero attached hydrogens (tertiary/aromatic N) is 1. The summed E-state index contributed by atoms with van der Waals surface area (Å²) in [5, 5.41) is 12.1. The van der Waals surface area contributed by atoms with E-state index in [1.54, 1.807) is 31.2 Å². The molecule has 3 unspecified atom stereocenters. The molecule has 1 aromatic rings. The Balaban J connectivity index is 1.90. The number of likely N-dealkylation sites (tertiary alicyclic amines) is 1. The molecular weight excluding hydrogens is 268 g/mol. The van der Waals surface area contributed by atoms with Crippen LogP contribution in [0.2, 0.25) is 0 Å². The van der Waals surface area contributed by atoms with E-state index in [0.717, 1.165) is 12.8 Å². The molecule has 1 heterocycles. The monoisotopic (exact) mass is 292 g/mol. The van der Waals surface area contributed by atoms with Gasteiger partial charge in [0.1, 0.15) is 11.5 Å². The van der Waals surface area contributed by atoms with Crippen molar-refractivity contribution < 1.29 is 14.6 Å². The minimum atomic E-state index is -0.427. The molecule has 1 aliphatic heterocycles. The largest absolute Gasteiger partial charge is 0.508 e. The Labute approximate surface area is 125 Å². The van der Waals surface area contributed by atoms with Crippen molar-refractivity contribution >= 4 is 6.03 Å². The lowest BCUT2D eigenvalue weighted by atomic mass is 9.98. The van der Waals surface area contributed by atoms with Crippen LogP contribution >= 0.6 is 0 Å². The van der Waals surface area contributed by atoms with E-state index in [0.29, 0.717) is 5.75 Å². The maximum absolute atomic E-state index is 12.4. The van der Waals surface area contributed by atoms with E-state index in [9.17, 15) is 9.90 Å². The number of urea groups is 1. The van der Waals surface area contributed by atoms with Gasteiger partial charge in [0.25, 0.3) is 0 Å². The zero-order chi connectivity index (χ0) is 15.4. The van der Waals surface area contributed by atoms with Crippen molar-refractivity contribution in [2.75, 3.05) is 0 Å². The predicted molar refractivity (Wildman–Crippen MR) is 81.3 cm³/mol. The molecule has 0 saturated carbocycles. The van der Waals surface area contributed by atoms with Gasteiger partial charge in [0.15, 0.2) is 6.23 Å². The number of rotatable bonds is 3. The fourth-order valence-electron chi connectivity index (χ4n) is 2.83. The molecule has 1 fully saturated rings. The fourth-order valence-corrected chi connectivity index (χ4v) is 2.83. The first-order chi connectivity index (χ1) is 9.97. The van der Waals surface area contributed by atoms with Gasteiger partial charge in [0.05, 0.1) is 0 Å². The number of nitrogens with one attached hydrogen (secondary N) is 1. The number of amides is 2. The van der Waals surface area contributed by atoms with E-state index in [1.807, 2.05) is 4.90 Å². The van der Waals surface area contributed by atoms with Crippen molar-refractivity contribution in [1.82, 2.24) is 10.2 Å². The second-order valence-corrected chi connectivity index (χ2v) is 5.74. The summed E-state index contributed by atoms with van der Waals surface area (Å²) in [6, 6.07) is 6.89. The molecule has 0 spiro atoms. The van der Waals surface area contributed by atoms with E-state index in [1.165, 1.54) is 6.42 Å². The van der Waals surface area contributed by atoms with Crippen molar-refractivity contribution in [2.24, 2.45) is 0 Å². The van der Waals surface area contributed by atoms with Crippen LogP contribution in [0.3, 0.4) is 0 Å². The smallest absolute Gasteiger partial charge is 0.320 e. The molecule has 21 heavy (non-hydrogen) atoms. The van der Waals surface area contributed by atoms with Gasteiger partial charge in [-0.2, -0.15) is 0 Å². The van der Waals surface area contributed by atoms with Gasteiger partial charge in [0.2, 0.25) is 0 Å². The van der Waals surface area contributed by atoms with Gasteiger partial charge in [-0.05, 0) is 64.3 Å². The summed E-state index contributed by atoms with van der Waals surface area (Å²) < 4.78 is 5.63. The minimum Gasteiger partial charge on any atom is -0.508 e. The van der Waals surface area contributed by atoms with E-state index in [4.69, 9.17) is 4.74 Å². The summed E-state index contributed by atoms with van der Waals surface area (Å²) in [5.74, 6) is 0.801. The van der Waals surface area contributed by atoms with Gasteiger partial charge in [-0.25, -0.2) is 4.79 Å². The Kier molecular flexibility index (Phi) is 4.94. The molecule has 2 N–H and O–H groups in total. The van der Waals surface area contributed by atoms with Crippen LogP contribution in [0.5, 0.6) is 11.5 Å². The molecule has 1 aromatic carbocycles. The minimum absolute atomic E-state index is 0.0824. The second-order valence-electron chi connectivity index (χ2n) is 5.74. The van der Waals surface area contributed by atoms with Crippen molar-refractivity contribution in [1.29, 1.82) is 0 Å². The third-order valence-corrected chi connectivity index (χ3v) is 3.90. The molecular formula is C16H24N2O3. The normalized spacial score (nSPS) is 23.5. The molecule has 3 atom stereocenters. The van der Waals surface area contributed by atoms with Crippen molar-refractivity contribution in [3.8, 4) is 11.5 Å². The molecule has 116 valence electrons. The number of carbonyl (C=O) groups excluding carboxylic acids is 1. The van der Waals surface area contributed by atoms with Crippen molar-refractivity contribution in [3.05, 3.63) is 24.3 Å². The first-order valence-electron chi connectivity index (χ1n) is 7.52. The summed E-state index contributed by atoms with van der Waals surface area (Å²) in [6.07, 6.45) is 2.84. The Morgan fingerprint density at radius 1 is 1.29 bits per heavy atom. The number of phenolic OH excluding ortho intramolecular Hbond substituents is 1. The van der Waals surface area contributed by atoms with Gasteiger partial charge >= 0.3 is 6.03 Å². The Hall–Kier alpha value is -1.91. The number of phenols is 1. The van der Waals surface area contributed by atoms with Gasteiger partial charge in [-0.1, -0.05) is 0 Å². The third kappa shape index (κ3) is 4.03. The van der Waals surface area contributed by atoms with Gasteiger partial charge in [0, 0.05) is 12.1 Å². The molecule has 2 amide bonds. The second kappa shape index (κ2) is 6.70. The van der Waals surface area contributed by atoms with Crippen LogP contribution in [0, 0.1) is 0 Å². The number of ether oxygens (including phenoxy) is 1. The number of piperidine rings is 1. The number of hydrogen-bond donors (Lipinski definition) is 2. The maximum Gasteiger partial charge on any atom is 0.320 e. The standard InChI is InChI=1S/C16H24N2O3/c1-11-5-4-6-12(2)18(11)16(20)17-13(3)21-15-9-7-14(19)8-10-15/h7-13,19H,4-6H2,1-3H3,(H,17,20). The highest BCUT2D eigenvalue weighted by molar-refractivity contribution is 5.75. The molecule has 0 aromatic heterocycles. The van der Waals surface area contributed by atoms with Gasteiger partial charge in [-0.15, -0.1) is 0 Å². The zero-order valence-corrected chi connectivity index (χ0v) is 12.9. The molecule has 1 saturated heterocycles. The Morgan fingerprint density at radius 2 is 1.86 bits per heavy atom. The van der Waals surface area contributed by atoms with Crippen molar-refractivity contribution in [2.45, 2.75) is 58.3 Å². The third-order valence-electron chi connectivity index (χ3n) is 3.90. The lowest BCUT2D eigenvalue weighted by Crippen LogP contribution is -2.54. The lowest BCUT2D eigenvalue weighted by molar-refractivity contribution is 0.104. The highest BCUT2D eigenvalue weighted by atomic mass is 16.5. The topological polar surface area (TPSA) is 61.8 Å². The number of aromatic hydroxyl groups is 1. The molecule has 2 rings (SSSR count). The van der Waals surface area contributed by atoms with Crippen LogP contribution < -0.4 is 10.1 Å². The van der Waals surface area contributed by atoms with Crippen molar-refractivity contribution in [3.63, 3.8) is 0 Å². The molecule has 5 heteroatoms. The van der Waals surface area contributed by atoms with E-state index >= 15 is 0 Å². The van der Waals surface area contributed by atoms with Crippen LogP contribution in [0.25, 0.3) is 0 Å². The summed E-state index contributed by atoms with van der Waals surface area (Å²) in [6.45, 7) is 5.96. The molecule has 0 bridgehead atoms. The van der Waals surface area contributed by atoms with Crippen LogP contribution in [-0.2, 0) is 0 Å². The highest BCUT2D eigenvalue weighted by Gasteiger charge is 2.29. The van der Waals surface area contributed by atoms with E-state index in [-0.39, 0.29) is 23.9 Å². The van der Waals surface area contributed by atoms with E-state index in [2.05, 4.69) is 19.2 Å². The summed E-state index contributed by atoms with van der Waals surface area (Å²) >= 11 is 0. The number of carbonyl (C=O) groups is 1. The maximum atomic E-state index is 12.4. The van der Waals surface area contributed by atoms with Crippen LogP contribution in [0.15, 0.2) is 24.3 Å². The van der Waals surface area contributed by atoms with Gasteiger partial charge in [-0.3, -0.25) is 0 Å². The lowest BCUT2D eigenvalue weighted by Gasteiger charge is -2.39. The highest BCUT2D eigenvalue weighted by Crippen LogP contribution is 2.22. The Bertz CT molecular complexity index is 465. The quantitative estimate of drug-likeness (QED) is 0.842. The average molecular weight is 292 g/mol. The molecule has 0 aliphatic carbocycles. The molecule has 0 radical (unpaired) electrons. The van der Waals surface area contributed by atoms with Crippen LogP contribution in [0.1, 0.15) is 40.0 Å². The fraction of sp³-hybridized carbons (Fsp3) is 0.562. The number of benzene rings is 1. The molecule has 1 aliphatic rings. The zero-order valence-electron chi connectivity index (χ0n) is 12.9. The average Bonchev–Trinajstić information content (AvgIpc) is 2.41. The van der Waals surface area contributed by atoms with E-state index < -0.39 is 6.23 Å². The van der Waals surface area contributed by atoms with Crippen LogP contribution in [0.4, 0.5) is 4.79 Å². The first kappa shape index (κ1) is 15.5. The SMILES string of the molecule is CC(NC(=O)N1C(C)CCCC1C)Oc1ccc(O)cc1. The summed E-state index contributed by atoms with van der Waals surface area (Å²) in [7, 11) is 0. The summed E-state index contributed by atoms with van der Waals surface area (Å²) in [5.41, 5.74) is 0. The van der Waals surface area contributed by atoms with Crippen LogP contribution in [-0.4, -0.2) is 34.3 Å². The number of hydrogen-bond acceptors (Lipinski definition) is 3. The van der Waals surface area contributed by atoms with Gasteiger partial charge < -0.3 is 20.1 Å². The predicted octanol–water partition coefficient (Wildman–Crippen LogP) is 3.09.